The minimum atomic E-state index is -0.725. The van der Waals surface area contributed by atoms with E-state index in [4.69, 9.17) is 27.9 Å². The van der Waals surface area contributed by atoms with Gasteiger partial charge < -0.3 is 19.8 Å². The number of phenolic OH excluding ortho intramolecular Hbond substituents is 1. The minimum absolute atomic E-state index is 0.171. The van der Waals surface area contributed by atoms with Crippen molar-refractivity contribution in [3.05, 3.63) is 69.5 Å². The maximum Gasteiger partial charge on any atom is 0.121 e. The quantitative estimate of drug-likeness (QED) is 0.382. The summed E-state index contributed by atoms with van der Waals surface area (Å²) in [6.45, 7) is 11.8. The van der Waals surface area contributed by atoms with Crippen LogP contribution in [0, 0.1) is 6.92 Å². The number of nitrogens with zero attached hydrogens (tertiary/aromatic N) is 3. The van der Waals surface area contributed by atoms with Crippen LogP contribution in [0.25, 0.3) is 5.69 Å². The zero-order valence-electron chi connectivity index (χ0n) is 21.2. The molecule has 0 amide bonds. The highest BCUT2D eigenvalue weighted by Crippen LogP contribution is 2.52. The largest absolute Gasteiger partial charge is 0.508 e. The molecule has 1 heterocycles. The lowest BCUT2D eigenvalue weighted by atomic mass is 9.63. The van der Waals surface area contributed by atoms with Gasteiger partial charge in [-0.1, -0.05) is 43.1 Å². The first-order valence-corrected chi connectivity index (χ1v) is 12.9. The molecule has 8 heteroatoms. The predicted octanol–water partition coefficient (Wildman–Crippen LogP) is 6.32. The van der Waals surface area contributed by atoms with Crippen LogP contribution < -0.4 is 4.90 Å². The fourth-order valence-electron chi connectivity index (χ4n) is 4.90. The fraction of sp³-hybridized carbons (Fsp3) is 0.444. The summed E-state index contributed by atoms with van der Waals surface area (Å²) in [5.41, 5.74) is 4.02. The van der Waals surface area contributed by atoms with Gasteiger partial charge in [0.2, 0.25) is 0 Å². The maximum absolute atomic E-state index is 11.2. The molecule has 0 spiro atoms. The van der Waals surface area contributed by atoms with Crippen LogP contribution in [0.3, 0.4) is 0 Å². The van der Waals surface area contributed by atoms with E-state index in [9.17, 15) is 10.2 Å². The molecule has 4 unspecified atom stereocenters. The summed E-state index contributed by atoms with van der Waals surface area (Å²) in [6, 6.07) is 10.9. The summed E-state index contributed by atoms with van der Waals surface area (Å²) in [7, 11) is 1.63. The van der Waals surface area contributed by atoms with Crippen molar-refractivity contribution in [2.45, 2.75) is 58.7 Å². The minimum Gasteiger partial charge on any atom is -0.508 e. The number of hydrogen-bond acceptors (Lipinski definition) is 5. The molecule has 3 aromatic rings. The van der Waals surface area contributed by atoms with Crippen molar-refractivity contribution in [1.29, 1.82) is 0 Å². The molecule has 1 aliphatic rings. The highest BCUT2D eigenvalue weighted by Gasteiger charge is 2.53. The number of aryl methyl sites for hydroxylation is 1. The molecule has 4 rings (SSSR count). The number of ether oxygens (including phenoxy) is 1. The summed E-state index contributed by atoms with van der Waals surface area (Å²) in [6.07, 6.45) is 0.851. The highest BCUT2D eigenvalue weighted by atomic mass is 35.5. The van der Waals surface area contributed by atoms with Gasteiger partial charge in [-0.05, 0) is 45.0 Å². The fourth-order valence-corrected chi connectivity index (χ4v) is 5.39. The Bertz CT molecular complexity index is 1150. The molecule has 1 saturated carbocycles. The van der Waals surface area contributed by atoms with Gasteiger partial charge in [0.15, 0.2) is 0 Å². The topological polar surface area (TPSA) is 70.8 Å². The maximum atomic E-state index is 11.2. The number of halogens is 2. The Morgan fingerprint density at radius 3 is 2.26 bits per heavy atom. The van der Waals surface area contributed by atoms with Crippen molar-refractivity contribution in [3.8, 4) is 11.4 Å². The van der Waals surface area contributed by atoms with Crippen molar-refractivity contribution >= 4 is 28.9 Å². The van der Waals surface area contributed by atoms with E-state index < -0.39 is 6.10 Å². The number of rotatable bonds is 7. The number of anilines is 1. The molecule has 6 nitrogen and oxygen atoms in total. The van der Waals surface area contributed by atoms with Crippen molar-refractivity contribution in [3.63, 3.8) is 0 Å². The monoisotopic (exact) mass is 519 g/mol. The molecule has 1 fully saturated rings. The molecule has 2 aromatic carbocycles. The third-order valence-electron chi connectivity index (χ3n) is 6.67. The average molecular weight is 521 g/mol. The number of aliphatic hydroxyl groups is 1. The van der Waals surface area contributed by atoms with Crippen LogP contribution in [0.1, 0.15) is 56.4 Å². The van der Waals surface area contributed by atoms with Gasteiger partial charge in [-0.3, -0.25) is 0 Å². The van der Waals surface area contributed by atoms with E-state index >= 15 is 0 Å². The van der Waals surface area contributed by atoms with Gasteiger partial charge in [-0.15, -0.1) is 0 Å². The van der Waals surface area contributed by atoms with Gasteiger partial charge in [0.1, 0.15) is 5.75 Å². The predicted molar refractivity (Wildman–Crippen MR) is 144 cm³/mol. The van der Waals surface area contributed by atoms with E-state index in [1.54, 1.807) is 30.0 Å². The lowest BCUT2D eigenvalue weighted by Crippen LogP contribution is -2.52. The summed E-state index contributed by atoms with van der Waals surface area (Å²) in [4.78, 5) is 2.16. The second-order valence-corrected chi connectivity index (χ2v) is 9.21. The Kier molecular flexibility index (Phi) is 9.11. The van der Waals surface area contributed by atoms with Gasteiger partial charge in [-0.25, -0.2) is 4.68 Å². The molecule has 190 valence electrons. The molecule has 0 bridgehead atoms. The van der Waals surface area contributed by atoms with Crippen LogP contribution in [0.4, 0.5) is 5.69 Å². The second-order valence-electron chi connectivity index (χ2n) is 8.37. The molecular weight excluding hydrogens is 485 g/mol. The SMILES string of the molecule is CC.CCN(CC)c1ccc(C2C(O)C(c3cn(-c4ccc(Cl)cc4Cl)nc3C)C2OC)c(O)c1. The van der Waals surface area contributed by atoms with Gasteiger partial charge in [0, 0.05) is 66.1 Å². The van der Waals surface area contributed by atoms with Gasteiger partial charge in [-0.2, -0.15) is 5.10 Å². The lowest BCUT2D eigenvalue weighted by Gasteiger charge is -2.48. The number of methoxy groups -OCH3 is 1. The van der Waals surface area contributed by atoms with Crippen molar-refractivity contribution in [1.82, 2.24) is 9.78 Å². The van der Waals surface area contributed by atoms with Crippen molar-refractivity contribution in [2.24, 2.45) is 0 Å². The molecule has 35 heavy (non-hydrogen) atoms. The Morgan fingerprint density at radius 2 is 1.69 bits per heavy atom. The van der Waals surface area contributed by atoms with Crippen LogP contribution >= 0.6 is 23.2 Å². The molecule has 2 N–H and O–H groups in total. The van der Waals surface area contributed by atoms with Crippen LogP contribution in [-0.2, 0) is 4.74 Å². The highest BCUT2D eigenvalue weighted by molar-refractivity contribution is 6.35. The summed E-state index contributed by atoms with van der Waals surface area (Å²) in [5.74, 6) is -0.446. The van der Waals surface area contributed by atoms with Crippen LogP contribution in [0.2, 0.25) is 10.0 Å². The van der Waals surface area contributed by atoms with Gasteiger partial charge >= 0.3 is 0 Å². The van der Waals surface area contributed by atoms with E-state index in [1.165, 1.54) is 0 Å². The third kappa shape index (κ3) is 5.17. The van der Waals surface area contributed by atoms with Gasteiger partial charge in [0.05, 0.1) is 28.6 Å². The van der Waals surface area contributed by atoms with Gasteiger partial charge in [0.25, 0.3) is 0 Å². The second kappa shape index (κ2) is 11.7. The molecule has 0 radical (unpaired) electrons. The Balaban J connectivity index is 0.00000167. The molecule has 4 atom stereocenters. The first-order valence-electron chi connectivity index (χ1n) is 12.1. The average Bonchev–Trinajstić information content (AvgIpc) is 3.21. The van der Waals surface area contributed by atoms with Crippen molar-refractivity contribution in [2.75, 3.05) is 25.1 Å². The van der Waals surface area contributed by atoms with Crippen LogP contribution in [0.15, 0.2) is 42.6 Å². The number of hydrogen-bond donors (Lipinski definition) is 2. The Hall–Kier alpha value is -2.25. The van der Waals surface area contributed by atoms with Crippen LogP contribution in [0.5, 0.6) is 5.75 Å². The number of benzene rings is 2. The van der Waals surface area contributed by atoms with E-state index in [2.05, 4.69) is 23.8 Å². The molecular formula is C27H35Cl2N3O3. The number of phenols is 1. The Morgan fingerprint density at radius 1 is 1.03 bits per heavy atom. The molecule has 1 aromatic heterocycles. The lowest BCUT2D eigenvalue weighted by molar-refractivity contribution is -0.0993. The number of aromatic hydroxyl groups is 1. The van der Waals surface area contributed by atoms with E-state index in [-0.39, 0.29) is 23.7 Å². The van der Waals surface area contributed by atoms with E-state index in [0.717, 1.165) is 30.0 Å². The molecule has 0 saturated heterocycles. The third-order valence-corrected chi connectivity index (χ3v) is 7.21. The van der Waals surface area contributed by atoms with Crippen LogP contribution in [-0.4, -0.2) is 52.4 Å². The Labute approximate surface area is 218 Å². The standard InChI is InChI=1S/C25H29Cl2N3O3.C2H6/c1-5-29(6-2)16-8-9-17(21(31)12-16)22-24(32)23(25(22)33-4)18-13-30(28-14(18)3)20-10-7-15(26)11-19(20)27;1-2/h7-13,22-25,31-32H,5-6H2,1-4H3;1-2H3. The summed E-state index contributed by atoms with van der Waals surface area (Å²) < 4.78 is 7.51. The summed E-state index contributed by atoms with van der Waals surface area (Å²) in [5, 5.41) is 27.6. The zero-order valence-corrected chi connectivity index (χ0v) is 22.7. The molecule has 1 aliphatic carbocycles. The number of aromatic nitrogens is 2. The van der Waals surface area contributed by atoms with E-state index in [0.29, 0.717) is 21.3 Å². The smallest absolute Gasteiger partial charge is 0.121 e. The van der Waals surface area contributed by atoms with Crippen molar-refractivity contribution < 1.29 is 14.9 Å². The first-order chi connectivity index (χ1) is 16.8. The molecule has 0 aliphatic heterocycles. The number of aliphatic hydroxyl groups excluding tert-OH is 1. The normalized spacial score (nSPS) is 21.2. The zero-order chi connectivity index (χ0) is 25.9. The summed E-state index contributed by atoms with van der Waals surface area (Å²) >= 11 is 12.4. The first kappa shape index (κ1) is 27.3. The van der Waals surface area contributed by atoms with E-state index in [1.807, 2.05) is 45.2 Å².